The number of hydrogen-bond acceptors (Lipinski definition) is 14. The molecule has 440 valence electrons. The van der Waals surface area contributed by atoms with Gasteiger partial charge in [-0.05, 0) is 91.0 Å². The molecule has 8 rings (SSSR count). The standard InChI is InChI=1S/C59H78F3N9O9S/c1-38(56(77)70-34-47(73)31-50(70)55(76)63-32-40-9-14-43(15-10-40)52-39(2)64-37-81-52)53(58(3,4)5)66-51(74)36-80-28-27-79-26-25-78-24-23-68-19-21-69(22-20-68)33-42-13-18-49-48(29-42)65-57(71(49)46-16-11-41(35-72)12-17-46)67-54(75)44-7-6-8-45(30-44)59(60,61)62/h6-10,13-15,18,29-30,37-38,41,46-47,50,53,72-73H,11-12,16-17,19-28,31-36H2,1-5H3,(H,63,76)(H,66,74)(H,65,67,75)/t38?,41?,46?,47-,50+,53-/m1/s1. The van der Waals surface area contributed by atoms with Crippen molar-refractivity contribution in [2.75, 3.05) is 90.8 Å². The topological polar surface area (TPSA) is 213 Å². The molecule has 5 N–H and O–H groups in total. The number of nitrogens with zero attached hydrogens (tertiary/aromatic N) is 6. The van der Waals surface area contributed by atoms with Gasteiger partial charge in [-0.1, -0.05) is 64.1 Å². The van der Waals surface area contributed by atoms with E-state index in [-0.39, 0.29) is 87.1 Å². The minimum atomic E-state index is -4.58. The van der Waals surface area contributed by atoms with E-state index in [0.717, 1.165) is 103 Å². The number of aromatic nitrogens is 3. The van der Waals surface area contributed by atoms with Gasteiger partial charge in [0.05, 0.1) is 77.7 Å². The highest BCUT2D eigenvalue weighted by atomic mass is 32.1. The second-order valence-electron chi connectivity index (χ2n) is 22.7. The van der Waals surface area contributed by atoms with E-state index in [0.29, 0.717) is 31.9 Å². The molecule has 3 fully saturated rings. The summed E-state index contributed by atoms with van der Waals surface area (Å²) in [4.78, 5) is 70.5. The Kier molecular flexibility index (Phi) is 21.1. The van der Waals surface area contributed by atoms with Crippen LogP contribution in [0.25, 0.3) is 21.5 Å². The predicted molar refractivity (Wildman–Crippen MR) is 302 cm³/mol. The Morgan fingerprint density at radius 2 is 1.53 bits per heavy atom. The molecule has 0 radical (unpaired) electrons. The minimum Gasteiger partial charge on any atom is -0.396 e. The number of hydrogen-bond donors (Lipinski definition) is 5. The van der Waals surface area contributed by atoms with E-state index >= 15 is 0 Å². The normalized spacial score (nSPS) is 20.1. The number of nitrogens with one attached hydrogen (secondary N) is 3. The first-order valence-electron chi connectivity index (χ1n) is 28.1. The summed E-state index contributed by atoms with van der Waals surface area (Å²) in [5.41, 5.74) is 5.76. The van der Waals surface area contributed by atoms with Crippen LogP contribution < -0.4 is 16.0 Å². The number of aliphatic hydroxyl groups excluding tert-OH is 2. The molecule has 1 aliphatic carbocycles. The molecule has 1 unspecified atom stereocenters. The molecule has 2 aliphatic heterocycles. The highest BCUT2D eigenvalue weighted by molar-refractivity contribution is 7.13. The largest absolute Gasteiger partial charge is 0.416 e. The third kappa shape index (κ3) is 16.5. The number of halogens is 3. The first-order chi connectivity index (χ1) is 38.7. The van der Waals surface area contributed by atoms with Crippen molar-refractivity contribution >= 4 is 51.9 Å². The zero-order valence-electron chi connectivity index (χ0n) is 47.0. The number of aliphatic hydroxyl groups is 2. The Morgan fingerprint density at radius 1 is 0.852 bits per heavy atom. The number of piperazine rings is 1. The van der Waals surface area contributed by atoms with Crippen molar-refractivity contribution in [3.05, 3.63) is 100 Å². The molecule has 81 heavy (non-hydrogen) atoms. The summed E-state index contributed by atoms with van der Waals surface area (Å²) in [6, 6.07) is 16.9. The van der Waals surface area contributed by atoms with Gasteiger partial charge in [0.15, 0.2) is 0 Å². The van der Waals surface area contributed by atoms with E-state index in [2.05, 4.69) is 36.8 Å². The number of carbonyl (C=O) groups excluding carboxylic acids is 4. The number of rotatable bonds is 24. The number of ether oxygens (including phenoxy) is 3. The van der Waals surface area contributed by atoms with Gasteiger partial charge in [-0.15, -0.1) is 11.3 Å². The first-order valence-corrected chi connectivity index (χ1v) is 29.0. The zero-order chi connectivity index (χ0) is 57.8. The molecule has 4 amide bonds. The maximum Gasteiger partial charge on any atom is 0.416 e. The number of β-amino-alcohol motifs (C(OH)–C–C–N with tert-alkyl or cyclic N) is 1. The molecule has 5 aromatic rings. The molecule has 4 atom stereocenters. The quantitative estimate of drug-likeness (QED) is 0.0392. The van der Waals surface area contributed by atoms with Crippen LogP contribution in [-0.4, -0.2) is 167 Å². The monoisotopic (exact) mass is 1150 g/mol. The lowest BCUT2D eigenvalue weighted by molar-refractivity contribution is -0.143. The van der Waals surface area contributed by atoms with Gasteiger partial charge < -0.3 is 44.5 Å². The van der Waals surface area contributed by atoms with Crippen molar-refractivity contribution in [1.29, 1.82) is 0 Å². The number of aryl methyl sites for hydroxylation is 1. The second kappa shape index (κ2) is 27.9. The number of likely N-dealkylation sites (tertiary alicyclic amines) is 1. The summed E-state index contributed by atoms with van der Waals surface area (Å²) in [5, 5.41) is 29.1. The van der Waals surface area contributed by atoms with Gasteiger partial charge in [0.1, 0.15) is 12.6 Å². The van der Waals surface area contributed by atoms with Crippen LogP contribution in [0.15, 0.2) is 72.2 Å². The van der Waals surface area contributed by atoms with Gasteiger partial charge in [-0.3, -0.25) is 34.3 Å². The fourth-order valence-corrected chi connectivity index (χ4v) is 12.0. The van der Waals surface area contributed by atoms with Crippen molar-refractivity contribution in [3.8, 4) is 10.4 Å². The lowest BCUT2D eigenvalue weighted by atomic mass is 9.79. The van der Waals surface area contributed by atoms with Crippen molar-refractivity contribution in [3.63, 3.8) is 0 Å². The van der Waals surface area contributed by atoms with Crippen molar-refractivity contribution < 1.29 is 56.8 Å². The van der Waals surface area contributed by atoms with Crippen LogP contribution in [0.3, 0.4) is 0 Å². The molecule has 0 bridgehead atoms. The van der Waals surface area contributed by atoms with Crippen LogP contribution in [0.1, 0.15) is 98.6 Å². The van der Waals surface area contributed by atoms with Crippen LogP contribution in [0, 0.1) is 24.2 Å². The van der Waals surface area contributed by atoms with E-state index in [9.17, 15) is 42.6 Å². The lowest BCUT2D eigenvalue weighted by Gasteiger charge is -2.38. The maximum atomic E-state index is 14.0. The molecule has 1 saturated carbocycles. The zero-order valence-corrected chi connectivity index (χ0v) is 47.8. The Morgan fingerprint density at radius 3 is 2.20 bits per heavy atom. The van der Waals surface area contributed by atoms with Gasteiger partial charge in [0, 0.05) is 83.0 Å². The van der Waals surface area contributed by atoms with Gasteiger partial charge in [-0.2, -0.15) is 13.2 Å². The third-order valence-electron chi connectivity index (χ3n) is 15.7. The van der Waals surface area contributed by atoms with Crippen molar-refractivity contribution in [1.82, 2.24) is 39.9 Å². The van der Waals surface area contributed by atoms with E-state index in [1.165, 1.54) is 17.0 Å². The maximum absolute atomic E-state index is 14.0. The molecular weight excluding hydrogens is 1070 g/mol. The number of thiazole rings is 1. The van der Waals surface area contributed by atoms with Crippen LogP contribution in [0.2, 0.25) is 0 Å². The summed E-state index contributed by atoms with van der Waals surface area (Å²) in [6.45, 7) is 16.3. The van der Waals surface area contributed by atoms with E-state index in [1.807, 2.05) is 74.2 Å². The Labute approximate surface area is 475 Å². The smallest absolute Gasteiger partial charge is 0.396 e. The Balaban J connectivity index is 0.707. The lowest BCUT2D eigenvalue weighted by Crippen LogP contribution is -2.55. The number of benzene rings is 3. The van der Waals surface area contributed by atoms with Crippen molar-refractivity contribution in [2.24, 2.45) is 17.3 Å². The van der Waals surface area contributed by atoms with Gasteiger partial charge in [0.25, 0.3) is 5.91 Å². The molecule has 2 aromatic heterocycles. The fourth-order valence-electron chi connectivity index (χ4n) is 11.2. The molecular formula is C59H78F3N9O9S. The fraction of sp³-hybridized carbons (Fsp3) is 0.559. The number of anilines is 1. The highest BCUT2D eigenvalue weighted by Gasteiger charge is 2.44. The molecule has 0 spiro atoms. The summed E-state index contributed by atoms with van der Waals surface area (Å²) in [7, 11) is 0. The average Bonchev–Trinajstić information content (AvgIpc) is 4.32. The van der Waals surface area contributed by atoms with E-state index < -0.39 is 47.2 Å². The number of carbonyl (C=O) groups is 4. The summed E-state index contributed by atoms with van der Waals surface area (Å²) >= 11 is 1.57. The number of fused-ring (bicyclic) bond motifs is 1. The Hall–Kier alpha value is -5.85. The van der Waals surface area contributed by atoms with Crippen LogP contribution in [0.5, 0.6) is 0 Å². The van der Waals surface area contributed by atoms with Crippen molar-refractivity contribution in [2.45, 2.75) is 110 Å². The van der Waals surface area contributed by atoms with Gasteiger partial charge in [-0.25, -0.2) is 9.97 Å². The molecule has 22 heteroatoms. The molecule has 18 nitrogen and oxygen atoms in total. The number of imidazole rings is 1. The third-order valence-corrected chi connectivity index (χ3v) is 16.7. The summed E-state index contributed by atoms with van der Waals surface area (Å²) < 4.78 is 59.6. The van der Waals surface area contributed by atoms with E-state index in [1.54, 1.807) is 18.3 Å². The first kappa shape index (κ1) is 61.2. The SMILES string of the molecule is Cc1ncsc1-c1ccc(CNC(=O)[C@@H]2C[C@@H](O)CN2C(=O)C(C)[C@@H](NC(=O)COCCOCCOCCN2CCN(Cc3ccc4c(c3)nc(NC(=O)c3cccc(C(F)(F)F)c3)n4C3CCC(CO)CC3)CC2)C(C)(C)C)cc1. The molecule has 4 heterocycles. The Bertz CT molecular complexity index is 2900. The highest BCUT2D eigenvalue weighted by Crippen LogP contribution is 2.38. The molecule has 2 saturated heterocycles. The summed E-state index contributed by atoms with van der Waals surface area (Å²) in [5.74, 6) is -1.94. The van der Waals surface area contributed by atoms with Crippen LogP contribution >= 0.6 is 11.3 Å². The summed E-state index contributed by atoms with van der Waals surface area (Å²) in [6.07, 6.45) is -2.14. The van der Waals surface area contributed by atoms with E-state index in [4.69, 9.17) is 19.2 Å². The molecule has 3 aliphatic rings. The second-order valence-corrected chi connectivity index (χ2v) is 23.5. The van der Waals surface area contributed by atoms with Crippen LogP contribution in [0.4, 0.5) is 19.1 Å². The minimum absolute atomic E-state index is 0.00180. The van der Waals surface area contributed by atoms with Gasteiger partial charge in [0.2, 0.25) is 23.7 Å². The van der Waals surface area contributed by atoms with Gasteiger partial charge >= 0.3 is 6.18 Å². The number of amides is 4. The average molecular weight is 1150 g/mol. The number of alkyl halides is 3. The predicted octanol–water partition coefficient (Wildman–Crippen LogP) is 7.08. The molecule has 3 aromatic carbocycles. The van der Waals surface area contributed by atoms with Crippen LogP contribution in [-0.2, 0) is 47.9 Å².